The van der Waals surface area contributed by atoms with Crippen molar-refractivity contribution in [2.24, 2.45) is 0 Å². The fourth-order valence-electron chi connectivity index (χ4n) is 5.77. The van der Waals surface area contributed by atoms with E-state index in [1.54, 1.807) is 0 Å². The lowest BCUT2D eigenvalue weighted by Crippen LogP contribution is -2.30. The zero-order valence-corrected chi connectivity index (χ0v) is 36.6. The lowest BCUT2D eigenvalue weighted by atomic mass is 10.1. The van der Waals surface area contributed by atoms with E-state index in [4.69, 9.17) is 14.2 Å². The van der Waals surface area contributed by atoms with Gasteiger partial charge in [-0.25, -0.2) is 0 Å². The van der Waals surface area contributed by atoms with Crippen LogP contribution in [0.2, 0.25) is 0 Å². The van der Waals surface area contributed by atoms with Gasteiger partial charge in [-0.15, -0.1) is 0 Å². The number of carbonyl (C=O) groups excluding carboxylic acids is 3. The van der Waals surface area contributed by atoms with Crippen LogP contribution in [0.3, 0.4) is 0 Å². The van der Waals surface area contributed by atoms with E-state index in [1.807, 2.05) is 24.3 Å². The van der Waals surface area contributed by atoms with Crippen LogP contribution in [0, 0.1) is 0 Å². The fourth-order valence-corrected chi connectivity index (χ4v) is 5.77. The number of unbranched alkanes of at least 4 members (excludes halogenated alkanes) is 16. The average Bonchev–Trinajstić information content (AvgIpc) is 3.21. The topological polar surface area (TPSA) is 78.9 Å². The molecule has 0 N–H and O–H groups in total. The number of carbonyl (C=O) groups is 3. The van der Waals surface area contributed by atoms with Crippen molar-refractivity contribution in [1.29, 1.82) is 0 Å². The molecule has 0 aliphatic carbocycles. The molecule has 0 saturated carbocycles. The van der Waals surface area contributed by atoms with Crippen LogP contribution in [0.25, 0.3) is 0 Å². The fraction of sp³-hybridized carbons (Fsp3) is 0.627. The van der Waals surface area contributed by atoms with Crippen molar-refractivity contribution in [1.82, 2.24) is 0 Å². The van der Waals surface area contributed by atoms with E-state index in [-0.39, 0.29) is 31.1 Å². The van der Waals surface area contributed by atoms with Crippen molar-refractivity contribution in [3.8, 4) is 0 Å². The monoisotopic (exact) mass is 791 g/mol. The van der Waals surface area contributed by atoms with Crippen LogP contribution in [-0.2, 0) is 28.6 Å². The Morgan fingerprint density at radius 2 is 0.772 bits per heavy atom. The Balaban J connectivity index is 4.47. The lowest BCUT2D eigenvalue weighted by molar-refractivity contribution is -0.167. The summed E-state index contributed by atoms with van der Waals surface area (Å²) in [6.07, 6.45) is 58.2. The highest BCUT2D eigenvalue weighted by molar-refractivity contribution is 5.71. The van der Waals surface area contributed by atoms with Gasteiger partial charge in [0.15, 0.2) is 6.10 Å². The molecular weight excluding hydrogens is 709 g/mol. The quantitative estimate of drug-likeness (QED) is 0.0203. The second-order valence-corrected chi connectivity index (χ2v) is 14.7. The van der Waals surface area contributed by atoms with E-state index in [0.717, 1.165) is 109 Å². The van der Waals surface area contributed by atoms with Gasteiger partial charge in [0.05, 0.1) is 0 Å². The minimum absolute atomic E-state index is 0.107. The van der Waals surface area contributed by atoms with Crippen LogP contribution in [0.1, 0.15) is 188 Å². The molecule has 0 aromatic rings. The van der Waals surface area contributed by atoms with Gasteiger partial charge in [0, 0.05) is 19.3 Å². The second kappa shape index (κ2) is 45.0. The summed E-state index contributed by atoms with van der Waals surface area (Å²) >= 11 is 0. The molecule has 0 fully saturated rings. The summed E-state index contributed by atoms with van der Waals surface area (Å²) in [6.45, 7) is 6.25. The smallest absolute Gasteiger partial charge is 0.306 e. The third-order valence-electron chi connectivity index (χ3n) is 9.18. The van der Waals surface area contributed by atoms with Gasteiger partial charge in [-0.3, -0.25) is 14.4 Å². The van der Waals surface area contributed by atoms with Crippen LogP contribution in [-0.4, -0.2) is 37.2 Å². The number of hydrogen-bond donors (Lipinski definition) is 0. The van der Waals surface area contributed by atoms with Crippen molar-refractivity contribution in [3.05, 3.63) is 97.2 Å². The average molecular weight is 791 g/mol. The highest BCUT2D eigenvalue weighted by Crippen LogP contribution is 2.12. The number of hydrogen-bond acceptors (Lipinski definition) is 6. The van der Waals surface area contributed by atoms with E-state index in [0.29, 0.717) is 19.3 Å². The molecule has 0 saturated heterocycles. The van der Waals surface area contributed by atoms with E-state index >= 15 is 0 Å². The van der Waals surface area contributed by atoms with Gasteiger partial charge in [-0.1, -0.05) is 176 Å². The van der Waals surface area contributed by atoms with E-state index in [1.165, 1.54) is 38.5 Å². The molecule has 322 valence electrons. The Hall–Kier alpha value is -3.67. The number of ether oxygens (including phenoxy) is 3. The van der Waals surface area contributed by atoms with Crippen molar-refractivity contribution >= 4 is 17.9 Å². The Morgan fingerprint density at radius 3 is 1.32 bits per heavy atom. The molecule has 0 aliphatic heterocycles. The minimum Gasteiger partial charge on any atom is -0.462 e. The first-order chi connectivity index (χ1) is 28.0. The van der Waals surface area contributed by atoms with Gasteiger partial charge in [0.1, 0.15) is 13.2 Å². The Kier molecular flexibility index (Phi) is 42.1. The molecule has 0 spiro atoms. The summed E-state index contributed by atoms with van der Waals surface area (Å²) in [5, 5.41) is 0. The van der Waals surface area contributed by atoms with Crippen LogP contribution in [0.4, 0.5) is 0 Å². The van der Waals surface area contributed by atoms with Crippen molar-refractivity contribution < 1.29 is 28.6 Å². The summed E-state index contributed by atoms with van der Waals surface area (Å²) in [5.74, 6) is -0.988. The summed E-state index contributed by atoms with van der Waals surface area (Å²) in [6, 6.07) is 0. The SMILES string of the molecule is CC\C=C/C=C\C=C/C=C\CCCCCCCC(=O)OCC(COC(=O)CCCC/C=C\C/C=C\CC)OC(=O)CCCCCCCC/C=C\C=C/CCCCC. The van der Waals surface area contributed by atoms with Gasteiger partial charge >= 0.3 is 17.9 Å². The molecule has 1 atom stereocenters. The summed E-state index contributed by atoms with van der Waals surface area (Å²) in [4.78, 5) is 37.7. The Bertz CT molecular complexity index is 1180. The van der Waals surface area contributed by atoms with Crippen LogP contribution >= 0.6 is 0 Å². The van der Waals surface area contributed by atoms with Crippen molar-refractivity contribution in [2.75, 3.05) is 13.2 Å². The molecule has 1 unspecified atom stereocenters. The molecule has 0 aliphatic rings. The maximum Gasteiger partial charge on any atom is 0.306 e. The Morgan fingerprint density at radius 1 is 0.386 bits per heavy atom. The van der Waals surface area contributed by atoms with E-state index in [2.05, 4.69) is 93.7 Å². The zero-order chi connectivity index (χ0) is 41.5. The first-order valence-electron chi connectivity index (χ1n) is 22.8. The molecular formula is C51H82O6. The molecule has 0 aromatic heterocycles. The van der Waals surface area contributed by atoms with Crippen LogP contribution in [0.15, 0.2) is 97.2 Å². The summed E-state index contributed by atoms with van der Waals surface area (Å²) in [5.41, 5.74) is 0. The summed E-state index contributed by atoms with van der Waals surface area (Å²) in [7, 11) is 0. The first-order valence-corrected chi connectivity index (χ1v) is 22.8. The highest BCUT2D eigenvalue weighted by Gasteiger charge is 2.19. The molecule has 6 nitrogen and oxygen atoms in total. The van der Waals surface area contributed by atoms with Gasteiger partial charge in [-0.2, -0.15) is 0 Å². The molecule has 0 aromatic carbocycles. The second-order valence-electron chi connectivity index (χ2n) is 14.7. The van der Waals surface area contributed by atoms with Gasteiger partial charge in [0.2, 0.25) is 0 Å². The van der Waals surface area contributed by atoms with Crippen molar-refractivity contribution in [3.63, 3.8) is 0 Å². The van der Waals surface area contributed by atoms with Crippen LogP contribution < -0.4 is 0 Å². The van der Waals surface area contributed by atoms with Crippen LogP contribution in [0.5, 0.6) is 0 Å². The van der Waals surface area contributed by atoms with Gasteiger partial charge < -0.3 is 14.2 Å². The minimum atomic E-state index is -0.805. The molecule has 57 heavy (non-hydrogen) atoms. The molecule has 6 heteroatoms. The third-order valence-corrected chi connectivity index (χ3v) is 9.18. The van der Waals surface area contributed by atoms with Gasteiger partial charge in [0.25, 0.3) is 0 Å². The number of allylic oxidation sites excluding steroid dienone is 16. The summed E-state index contributed by atoms with van der Waals surface area (Å²) < 4.78 is 16.6. The molecule has 0 heterocycles. The maximum absolute atomic E-state index is 12.7. The predicted octanol–water partition coefficient (Wildman–Crippen LogP) is 14.6. The maximum atomic E-state index is 12.7. The third kappa shape index (κ3) is 43.3. The van der Waals surface area contributed by atoms with E-state index < -0.39 is 6.10 Å². The highest BCUT2D eigenvalue weighted by atomic mass is 16.6. The number of rotatable bonds is 39. The first kappa shape index (κ1) is 53.3. The predicted molar refractivity (Wildman–Crippen MR) is 242 cm³/mol. The Labute approximate surface area is 349 Å². The lowest BCUT2D eigenvalue weighted by Gasteiger charge is -2.18. The zero-order valence-electron chi connectivity index (χ0n) is 36.6. The van der Waals surface area contributed by atoms with Gasteiger partial charge in [-0.05, 0) is 89.9 Å². The van der Waals surface area contributed by atoms with E-state index in [9.17, 15) is 14.4 Å². The standard InChI is InChI=1S/C51H82O6/c1-4-7-10-13-16-19-21-23-25-27-29-32-35-38-41-44-50(53)56-47-48(46-55-49(52)43-40-37-34-31-18-15-12-9-6-3)57-51(54)45-42-39-36-33-30-28-26-24-22-20-17-14-11-8-5-2/h7,9-10,12-13,16-25,31,48H,4-6,8,11,14-15,26-30,32-47H2,1-3H3/b10-7-,12-9-,16-13-,20-17-,21-19-,24-22-,25-23-,31-18-. The largest absolute Gasteiger partial charge is 0.462 e. The molecule has 0 amide bonds. The molecule has 0 radical (unpaired) electrons. The normalized spacial score (nSPS) is 13.0. The molecule has 0 rings (SSSR count). The number of esters is 3. The van der Waals surface area contributed by atoms with Crippen molar-refractivity contribution in [2.45, 2.75) is 194 Å². The molecule has 0 bridgehead atoms.